The molecule has 1 aromatic rings. The molecule has 1 nitrogen and oxygen atoms in total. The molecule has 0 aliphatic rings. The Kier molecular flexibility index (Phi) is 3.06. The lowest BCUT2D eigenvalue weighted by atomic mass is 10.1. The molecule has 0 heterocycles. The summed E-state index contributed by atoms with van der Waals surface area (Å²) >= 11 is 0. The minimum atomic E-state index is -5.07. The lowest BCUT2D eigenvalue weighted by molar-refractivity contribution is -0.170. The number of carbonyl (C=O) groups excluding carboxylic acids is 1. The predicted octanol–water partition coefficient (Wildman–Crippen LogP) is 2.64. The summed E-state index contributed by atoms with van der Waals surface area (Å²) in [6, 6.07) is 2.59. The standard InChI is InChI=1S/C9H5F5O/c10-6-2-1-3-7(11)5(6)4-8(15)9(12,13)14/h1-3H,4H2. The maximum atomic E-state index is 12.8. The van der Waals surface area contributed by atoms with Crippen molar-refractivity contribution >= 4 is 5.78 Å². The van der Waals surface area contributed by atoms with Gasteiger partial charge in [0.15, 0.2) is 0 Å². The van der Waals surface area contributed by atoms with Crippen LogP contribution in [0.4, 0.5) is 22.0 Å². The highest BCUT2D eigenvalue weighted by atomic mass is 19.4. The zero-order valence-corrected chi connectivity index (χ0v) is 7.24. The van der Waals surface area contributed by atoms with Gasteiger partial charge in [0.25, 0.3) is 0 Å². The number of benzene rings is 1. The van der Waals surface area contributed by atoms with Crippen LogP contribution in [0.3, 0.4) is 0 Å². The summed E-state index contributed by atoms with van der Waals surface area (Å²) in [5, 5.41) is 0. The number of hydrogen-bond acceptors (Lipinski definition) is 1. The normalized spacial score (nSPS) is 11.5. The molecule has 0 aliphatic carbocycles. The average molecular weight is 224 g/mol. The number of rotatable bonds is 2. The van der Waals surface area contributed by atoms with E-state index in [1.807, 2.05) is 0 Å². The Hall–Kier alpha value is -1.46. The van der Waals surface area contributed by atoms with E-state index in [9.17, 15) is 26.7 Å². The molecule has 0 saturated heterocycles. The monoisotopic (exact) mass is 224 g/mol. The summed E-state index contributed by atoms with van der Waals surface area (Å²) in [6.45, 7) is 0. The van der Waals surface area contributed by atoms with Gasteiger partial charge in [-0.1, -0.05) is 6.07 Å². The molecule has 0 spiro atoms. The third-order valence-electron chi connectivity index (χ3n) is 1.72. The first-order valence-corrected chi connectivity index (χ1v) is 3.85. The molecule has 1 aromatic carbocycles. The molecule has 0 aromatic heterocycles. The summed E-state index contributed by atoms with van der Waals surface area (Å²) < 4.78 is 61.1. The van der Waals surface area contributed by atoms with Gasteiger partial charge in [0, 0.05) is 12.0 Å². The number of ketones is 1. The van der Waals surface area contributed by atoms with Crippen LogP contribution >= 0.6 is 0 Å². The van der Waals surface area contributed by atoms with Gasteiger partial charge in [-0.25, -0.2) is 8.78 Å². The third-order valence-corrected chi connectivity index (χ3v) is 1.72. The molecule has 1 rings (SSSR count). The van der Waals surface area contributed by atoms with Gasteiger partial charge in [0.2, 0.25) is 5.78 Å². The number of carbonyl (C=O) groups is 1. The molecule has 0 radical (unpaired) electrons. The molecule has 82 valence electrons. The average Bonchev–Trinajstić information content (AvgIpc) is 2.09. The molecule has 0 saturated carbocycles. The Morgan fingerprint density at radius 2 is 1.60 bits per heavy atom. The van der Waals surface area contributed by atoms with Crippen molar-refractivity contribution in [2.45, 2.75) is 12.6 Å². The fourth-order valence-electron chi connectivity index (χ4n) is 0.962. The van der Waals surface area contributed by atoms with Crippen LogP contribution in [0.5, 0.6) is 0 Å². The molecule has 0 fully saturated rings. The summed E-state index contributed by atoms with van der Waals surface area (Å²) in [5.41, 5.74) is -0.861. The highest BCUT2D eigenvalue weighted by Crippen LogP contribution is 2.21. The SMILES string of the molecule is O=C(Cc1c(F)cccc1F)C(F)(F)F. The molecule has 15 heavy (non-hydrogen) atoms. The second kappa shape index (κ2) is 3.96. The molecule has 0 atom stereocenters. The minimum absolute atomic E-state index is 0.794. The number of halogens is 5. The van der Waals surface area contributed by atoms with Gasteiger partial charge in [0.1, 0.15) is 11.6 Å². The molecule has 0 aliphatic heterocycles. The molecule has 0 amide bonds. The van der Waals surface area contributed by atoms with Crippen molar-refractivity contribution < 1.29 is 26.7 Å². The van der Waals surface area contributed by atoms with Gasteiger partial charge < -0.3 is 0 Å². The third kappa shape index (κ3) is 2.74. The minimum Gasteiger partial charge on any atom is -0.289 e. The maximum Gasteiger partial charge on any atom is 0.450 e. The number of hydrogen-bond donors (Lipinski definition) is 0. The fourth-order valence-corrected chi connectivity index (χ4v) is 0.962. The van der Waals surface area contributed by atoms with Gasteiger partial charge in [-0.05, 0) is 12.1 Å². The summed E-state index contributed by atoms with van der Waals surface area (Å²) in [6.07, 6.45) is -6.39. The van der Waals surface area contributed by atoms with Crippen LogP contribution in [0.1, 0.15) is 5.56 Å². The van der Waals surface area contributed by atoms with Crippen LogP contribution < -0.4 is 0 Å². The van der Waals surface area contributed by atoms with Crippen molar-refractivity contribution in [1.82, 2.24) is 0 Å². The Morgan fingerprint density at radius 3 is 2.00 bits per heavy atom. The Labute approximate surface area is 81.5 Å². The first-order chi connectivity index (χ1) is 6.82. The van der Waals surface area contributed by atoms with Crippen molar-refractivity contribution in [2.75, 3.05) is 0 Å². The Balaban J connectivity index is 2.95. The van der Waals surface area contributed by atoms with E-state index in [4.69, 9.17) is 0 Å². The first kappa shape index (κ1) is 11.6. The molecule has 0 bridgehead atoms. The fraction of sp³-hybridized carbons (Fsp3) is 0.222. The van der Waals surface area contributed by atoms with E-state index in [1.165, 1.54) is 0 Å². The van der Waals surface area contributed by atoms with Crippen LogP contribution in [0.15, 0.2) is 18.2 Å². The van der Waals surface area contributed by atoms with Crippen molar-refractivity contribution in [3.63, 3.8) is 0 Å². The molecule has 0 unspecified atom stereocenters. The smallest absolute Gasteiger partial charge is 0.289 e. The van der Waals surface area contributed by atoms with Gasteiger partial charge in [-0.15, -0.1) is 0 Å². The Bertz CT molecular complexity index is 362. The van der Waals surface area contributed by atoms with Crippen LogP contribution in [0.2, 0.25) is 0 Å². The molecular formula is C9H5F5O. The van der Waals surface area contributed by atoms with E-state index in [1.54, 1.807) is 0 Å². The summed E-state index contributed by atoms with van der Waals surface area (Å²) in [7, 11) is 0. The zero-order chi connectivity index (χ0) is 11.6. The molecular weight excluding hydrogens is 219 g/mol. The highest BCUT2D eigenvalue weighted by Gasteiger charge is 2.38. The molecule has 6 heteroatoms. The van der Waals surface area contributed by atoms with E-state index < -0.39 is 35.6 Å². The summed E-state index contributed by atoms with van der Waals surface area (Å²) in [5.74, 6) is -4.49. The van der Waals surface area contributed by atoms with Crippen molar-refractivity contribution in [2.24, 2.45) is 0 Å². The first-order valence-electron chi connectivity index (χ1n) is 3.85. The number of Topliss-reactive ketones (excluding diaryl/α,β-unsaturated/α-hetero) is 1. The lowest BCUT2D eigenvalue weighted by Crippen LogP contribution is -2.25. The molecule has 0 N–H and O–H groups in total. The van der Waals surface area contributed by atoms with Crippen molar-refractivity contribution in [1.29, 1.82) is 0 Å². The predicted molar refractivity (Wildman–Crippen MR) is 41.1 cm³/mol. The number of alkyl halides is 3. The highest BCUT2D eigenvalue weighted by molar-refractivity contribution is 5.86. The quantitative estimate of drug-likeness (QED) is 0.706. The van der Waals surface area contributed by atoms with E-state index in [2.05, 4.69) is 0 Å². The zero-order valence-electron chi connectivity index (χ0n) is 7.24. The Morgan fingerprint density at radius 1 is 1.13 bits per heavy atom. The van der Waals surface area contributed by atoms with Gasteiger partial charge in [-0.3, -0.25) is 4.79 Å². The van der Waals surface area contributed by atoms with Crippen LogP contribution in [-0.4, -0.2) is 12.0 Å². The lowest BCUT2D eigenvalue weighted by Gasteiger charge is -2.06. The van der Waals surface area contributed by atoms with Gasteiger partial charge >= 0.3 is 6.18 Å². The maximum absolute atomic E-state index is 12.8. The van der Waals surface area contributed by atoms with Crippen LogP contribution in [0, 0.1) is 11.6 Å². The van der Waals surface area contributed by atoms with E-state index >= 15 is 0 Å². The second-order valence-corrected chi connectivity index (χ2v) is 2.80. The second-order valence-electron chi connectivity index (χ2n) is 2.80. The van der Waals surface area contributed by atoms with E-state index in [0.29, 0.717) is 0 Å². The summed E-state index contributed by atoms with van der Waals surface area (Å²) in [4.78, 5) is 10.5. The topological polar surface area (TPSA) is 17.1 Å². The van der Waals surface area contributed by atoms with Crippen molar-refractivity contribution in [3.05, 3.63) is 35.4 Å². The van der Waals surface area contributed by atoms with E-state index in [0.717, 1.165) is 18.2 Å². The van der Waals surface area contributed by atoms with Crippen LogP contribution in [-0.2, 0) is 11.2 Å². The van der Waals surface area contributed by atoms with Crippen LogP contribution in [0.25, 0.3) is 0 Å². The van der Waals surface area contributed by atoms with Gasteiger partial charge in [-0.2, -0.15) is 13.2 Å². The van der Waals surface area contributed by atoms with E-state index in [-0.39, 0.29) is 0 Å². The van der Waals surface area contributed by atoms with Gasteiger partial charge in [0.05, 0.1) is 0 Å². The largest absolute Gasteiger partial charge is 0.450 e. The van der Waals surface area contributed by atoms with Crippen molar-refractivity contribution in [3.8, 4) is 0 Å².